The van der Waals surface area contributed by atoms with Crippen molar-refractivity contribution in [3.8, 4) is 11.5 Å². The summed E-state index contributed by atoms with van der Waals surface area (Å²) in [6, 6.07) is 3.66. The van der Waals surface area contributed by atoms with Crippen LogP contribution in [0.3, 0.4) is 0 Å². The summed E-state index contributed by atoms with van der Waals surface area (Å²) < 4.78 is 10.5. The number of nitrogens with one attached hydrogen (secondary N) is 1. The lowest BCUT2D eigenvalue weighted by atomic mass is 10.1. The number of ether oxygens (including phenoxy) is 2. The van der Waals surface area contributed by atoms with Gasteiger partial charge in [0.15, 0.2) is 0 Å². The molecule has 0 heterocycles. The van der Waals surface area contributed by atoms with E-state index < -0.39 is 11.9 Å². The van der Waals surface area contributed by atoms with Gasteiger partial charge in [0.1, 0.15) is 11.5 Å². The van der Waals surface area contributed by atoms with Gasteiger partial charge in [0, 0.05) is 12.6 Å². The second kappa shape index (κ2) is 6.14. The van der Waals surface area contributed by atoms with Gasteiger partial charge in [-0.25, -0.2) is 0 Å². The molecule has 0 aliphatic carbocycles. The molecule has 1 aromatic rings. The van der Waals surface area contributed by atoms with Gasteiger partial charge in [0.2, 0.25) is 0 Å². The first-order valence-electron chi connectivity index (χ1n) is 5.69. The molecule has 0 spiro atoms. The van der Waals surface area contributed by atoms with Gasteiger partial charge in [-0.3, -0.25) is 4.79 Å². The molecule has 2 N–H and O–H groups in total. The maximum Gasteiger partial charge on any atom is 0.308 e. The zero-order chi connectivity index (χ0) is 13.7. The lowest BCUT2D eigenvalue weighted by Gasteiger charge is -2.15. The van der Waals surface area contributed by atoms with Gasteiger partial charge in [0.05, 0.1) is 25.8 Å². The second-order valence-electron chi connectivity index (χ2n) is 4.14. The van der Waals surface area contributed by atoms with E-state index >= 15 is 0 Å². The van der Waals surface area contributed by atoms with Gasteiger partial charge in [-0.15, -0.1) is 0 Å². The number of anilines is 1. The summed E-state index contributed by atoms with van der Waals surface area (Å²) in [4.78, 5) is 10.8. The van der Waals surface area contributed by atoms with Crippen LogP contribution >= 0.6 is 0 Å². The monoisotopic (exact) mass is 253 g/mol. The van der Waals surface area contributed by atoms with Gasteiger partial charge < -0.3 is 19.9 Å². The van der Waals surface area contributed by atoms with E-state index in [9.17, 15) is 4.79 Å². The van der Waals surface area contributed by atoms with Crippen LogP contribution in [0.4, 0.5) is 5.69 Å². The van der Waals surface area contributed by atoms with E-state index in [1.807, 2.05) is 19.1 Å². The van der Waals surface area contributed by atoms with Crippen LogP contribution in [0, 0.1) is 12.8 Å². The predicted molar refractivity (Wildman–Crippen MR) is 69.6 cm³/mol. The molecule has 0 amide bonds. The quantitative estimate of drug-likeness (QED) is 0.813. The highest BCUT2D eigenvalue weighted by atomic mass is 16.5. The van der Waals surface area contributed by atoms with Crippen molar-refractivity contribution in [3.63, 3.8) is 0 Å². The average molecular weight is 253 g/mol. The molecule has 0 radical (unpaired) electrons. The molecule has 0 aliphatic heterocycles. The number of benzene rings is 1. The normalized spacial score (nSPS) is 11.8. The fourth-order valence-electron chi connectivity index (χ4n) is 1.54. The topological polar surface area (TPSA) is 67.8 Å². The number of carbonyl (C=O) groups is 1. The van der Waals surface area contributed by atoms with E-state index in [1.54, 1.807) is 21.1 Å². The van der Waals surface area contributed by atoms with Crippen molar-refractivity contribution in [1.82, 2.24) is 0 Å². The number of carboxylic acids is 1. The van der Waals surface area contributed by atoms with Crippen LogP contribution in [0.5, 0.6) is 11.5 Å². The number of rotatable bonds is 6. The summed E-state index contributed by atoms with van der Waals surface area (Å²) in [6.45, 7) is 3.90. The molecule has 5 heteroatoms. The Balaban J connectivity index is 2.89. The summed E-state index contributed by atoms with van der Waals surface area (Å²) in [5.41, 5.74) is 1.69. The highest BCUT2D eigenvalue weighted by molar-refractivity contribution is 5.71. The molecule has 18 heavy (non-hydrogen) atoms. The maximum absolute atomic E-state index is 10.8. The third-order valence-corrected chi connectivity index (χ3v) is 2.74. The third kappa shape index (κ3) is 3.29. The van der Waals surface area contributed by atoms with Crippen molar-refractivity contribution < 1.29 is 19.4 Å². The van der Waals surface area contributed by atoms with Crippen molar-refractivity contribution >= 4 is 11.7 Å². The summed E-state index contributed by atoms with van der Waals surface area (Å²) in [5.74, 6) is 0.106. The van der Waals surface area contributed by atoms with Crippen molar-refractivity contribution in [2.24, 2.45) is 5.92 Å². The molecule has 0 bridgehead atoms. The second-order valence-corrected chi connectivity index (χ2v) is 4.14. The van der Waals surface area contributed by atoms with Crippen molar-refractivity contribution in [2.45, 2.75) is 13.8 Å². The van der Waals surface area contributed by atoms with E-state index in [2.05, 4.69) is 5.32 Å². The van der Waals surface area contributed by atoms with Crippen molar-refractivity contribution in [1.29, 1.82) is 0 Å². The number of aryl methyl sites for hydroxylation is 1. The highest BCUT2D eigenvalue weighted by Crippen LogP contribution is 2.32. The fraction of sp³-hybridized carbons (Fsp3) is 0.462. The molecular weight excluding hydrogens is 234 g/mol. The molecule has 1 atom stereocenters. The largest absolute Gasteiger partial charge is 0.496 e. The smallest absolute Gasteiger partial charge is 0.308 e. The van der Waals surface area contributed by atoms with E-state index in [4.69, 9.17) is 14.6 Å². The lowest BCUT2D eigenvalue weighted by Crippen LogP contribution is -2.19. The number of hydrogen-bond acceptors (Lipinski definition) is 4. The minimum Gasteiger partial charge on any atom is -0.496 e. The van der Waals surface area contributed by atoms with Crippen molar-refractivity contribution in [2.75, 3.05) is 26.1 Å². The van der Waals surface area contributed by atoms with Crippen LogP contribution in [-0.2, 0) is 4.79 Å². The Bertz CT molecular complexity index is 431. The maximum atomic E-state index is 10.8. The molecule has 100 valence electrons. The molecule has 5 nitrogen and oxygen atoms in total. The molecule has 0 saturated carbocycles. The first-order chi connectivity index (χ1) is 8.49. The number of methoxy groups -OCH3 is 2. The van der Waals surface area contributed by atoms with Crippen LogP contribution in [0.25, 0.3) is 0 Å². The zero-order valence-electron chi connectivity index (χ0n) is 11.1. The fourth-order valence-corrected chi connectivity index (χ4v) is 1.54. The van der Waals surface area contributed by atoms with Crippen molar-refractivity contribution in [3.05, 3.63) is 17.7 Å². The van der Waals surface area contributed by atoms with Gasteiger partial charge in [-0.1, -0.05) is 6.92 Å². The van der Waals surface area contributed by atoms with Gasteiger partial charge in [0.25, 0.3) is 0 Å². The van der Waals surface area contributed by atoms with Gasteiger partial charge in [-0.05, 0) is 18.6 Å². The molecule has 0 saturated heterocycles. The van der Waals surface area contributed by atoms with Gasteiger partial charge in [-0.2, -0.15) is 0 Å². The Morgan fingerprint density at radius 2 is 1.94 bits per heavy atom. The standard InChI is InChI=1S/C13H19NO4/c1-8-5-12(18-4)10(6-11(8)17-3)14-7-9(2)13(15)16/h5-6,9,14H,7H2,1-4H3,(H,15,16). The Labute approximate surface area is 107 Å². The van der Waals surface area contributed by atoms with E-state index in [1.165, 1.54) is 0 Å². The Kier molecular flexibility index (Phi) is 4.83. The molecule has 0 fully saturated rings. The molecule has 0 aliphatic rings. The Morgan fingerprint density at radius 3 is 2.44 bits per heavy atom. The molecule has 0 aromatic heterocycles. The third-order valence-electron chi connectivity index (χ3n) is 2.74. The number of hydrogen-bond donors (Lipinski definition) is 2. The van der Waals surface area contributed by atoms with E-state index in [-0.39, 0.29) is 0 Å². The highest BCUT2D eigenvalue weighted by Gasteiger charge is 2.13. The van der Waals surface area contributed by atoms with Crippen LogP contribution in [-0.4, -0.2) is 31.8 Å². The van der Waals surface area contributed by atoms with E-state index in [0.717, 1.165) is 17.0 Å². The van der Waals surface area contributed by atoms with Crippen LogP contribution in [0.15, 0.2) is 12.1 Å². The van der Waals surface area contributed by atoms with Crippen LogP contribution in [0.2, 0.25) is 0 Å². The summed E-state index contributed by atoms with van der Waals surface area (Å²) in [7, 11) is 3.17. The first-order valence-corrected chi connectivity index (χ1v) is 5.69. The summed E-state index contributed by atoms with van der Waals surface area (Å²) in [6.07, 6.45) is 0. The predicted octanol–water partition coefficient (Wildman–Crippen LogP) is 2.14. The lowest BCUT2D eigenvalue weighted by molar-refractivity contribution is -0.140. The van der Waals surface area contributed by atoms with Gasteiger partial charge >= 0.3 is 5.97 Å². The first kappa shape index (κ1) is 14.2. The molecule has 1 unspecified atom stereocenters. The molecule has 1 aromatic carbocycles. The minimum absolute atomic E-state index is 0.331. The number of aliphatic carboxylic acids is 1. The van der Waals surface area contributed by atoms with Crippen LogP contribution < -0.4 is 14.8 Å². The Morgan fingerprint density at radius 1 is 1.33 bits per heavy atom. The number of carboxylic acid groups (broad SMARTS) is 1. The zero-order valence-corrected chi connectivity index (χ0v) is 11.1. The Hall–Kier alpha value is -1.91. The molecular formula is C13H19NO4. The average Bonchev–Trinajstić information content (AvgIpc) is 2.36. The van der Waals surface area contributed by atoms with E-state index in [0.29, 0.717) is 12.3 Å². The summed E-state index contributed by atoms with van der Waals surface area (Å²) in [5, 5.41) is 11.9. The minimum atomic E-state index is -0.833. The molecule has 1 rings (SSSR count). The summed E-state index contributed by atoms with van der Waals surface area (Å²) >= 11 is 0. The van der Waals surface area contributed by atoms with Crippen LogP contribution in [0.1, 0.15) is 12.5 Å². The SMILES string of the molecule is COc1cc(NCC(C)C(=O)O)c(OC)cc1C.